The molecule has 0 N–H and O–H groups in total. The zero-order valence-corrected chi connectivity index (χ0v) is 17.9. The minimum absolute atomic E-state index is 0.1000. The molecule has 0 unspecified atom stereocenters. The molecule has 3 aromatic rings. The van der Waals surface area contributed by atoms with Crippen molar-refractivity contribution < 1.29 is 9.57 Å². The predicted octanol–water partition coefficient (Wildman–Crippen LogP) is 4.53. The molecule has 0 aliphatic rings. The highest BCUT2D eigenvalue weighted by Gasteiger charge is 2.16. The lowest BCUT2D eigenvalue weighted by molar-refractivity contribution is 0.134. The van der Waals surface area contributed by atoms with Crippen LogP contribution in [0, 0.1) is 13.8 Å². The van der Waals surface area contributed by atoms with Gasteiger partial charge in [0.15, 0.2) is 6.61 Å². The molecule has 0 atom stereocenters. The number of rotatable bonds is 6. The van der Waals surface area contributed by atoms with Gasteiger partial charge in [-0.2, -0.15) is 5.10 Å². The Morgan fingerprint density at radius 3 is 2.46 bits per heavy atom. The van der Waals surface area contributed by atoms with Gasteiger partial charge in [0.2, 0.25) is 5.88 Å². The van der Waals surface area contributed by atoms with Crippen molar-refractivity contribution in [2.75, 3.05) is 0 Å². The van der Waals surface area contributed by atoms with Crippen LogP contribution in [0.5, 0.6) is 11.6 Å². The molecule has 0 saturated heterocycles. The Labute approximate surface area is 169 Å². The van der Waals surface area contributed by atoms with E-state index in [9.17, 15) is 0 Å². The summed E-state index contributed by atoms with van der Waals surface area (Å²) < 4.78 is 11.7. The number of aryl methyl sites for hydroxylation is 3. The van der Waals surface area contributed by atoms with E-state index in [4.69, 9.17) is 9.57 Å². The maximum atomic E-state index is 6.09. The first-order valence-electron chi connectivity index (χ1n) is 9.01. The van der Waals surface area contributed by atoms with Gasteiger partial charge < -0.3 is 9.57 Å². The van der Waals surface area contributed by atoms with Crippen LogP contribution in [0.1, 0.15) is 48.2 Å². The Morgan fingerprint density at radius 2 is 1.86 bits per heavy atom. The van der Waals surface area contributed by atoms with Crippen molar-refractivity contribution in [1.82, 2.24) is 19.4 Å². The van der Waals surface area contributed by atoms with Crippen LogP contribution in [-0.2, 0) is 23.9 Å². The second kappa shape index (κ2) is 8.10. The van der Waals surface area contributed by atoms with Gasteiger partial charge in [-0.05, 0) is 48.5 Å². The van der Waals surface area contributed by atoms with E-state index >= 15 is 0 Å². The van der Waals surface area contributed by atoms with E-state index in [2.05, 4.69) is 52.7 Å². The van der Waals surface area contributed by atoms with Gasteiger partial charge in [0.05, 0.1) is 28.0 Å². The summed E-state index contributed by atoms with van der Waals surface area (Å²) in [5.74, 6) is 1.36. The topological polar surface area (TPSA) is 74.4 Å². The first-order chi connectivity index (χ1) is 13.3. The minimum Gasteiger partial charge on any atom is -0.439 e. The zero-order valence-electron chi connectivity index (χ0n) is 17.1. The van der Waals surface area contributed by atoms with E-state index in [1.54, 1.807) is 10.9 Å². The number of hydrogen-bond acceptors (Lipinski definition) is 7. The highest BCUT2D eigenvalue weighted by Crippen LogP contribution is 2.29. The number of benzene rings is 1. The summed E-state index contributed by atoms with van der Waals surface area (Å²) in [5, 5.41) is 12.5. The van der Waals surface area contributed by atoms with Crippen LogP contribution in [0.15, 0.2) is 29.4 Å². The monoisotopic (exact) mass is 399 g/mol. The molecule has 0 amide bonds. The van der Waals surface area contributed by atoms with Gasteiger partial charge in [-0.15, -0.1) is 5.10 Å². The first kappa shape index (κ1) is 20.0. The Balaban J connectivity index is 1.73. The van der Waals surface area contributed by atoms with Gasteiger partial charge in [-0.1, -0.05) is 42.5 Å². The molecule has 0 bridgehead atoms. The number of ether oxygens (including phenoxy) is 1. The van der Waals surface area contributed by atoms with Crippen LogP contribution in [-0.4, -0.2) is 25.6 Å². The Bertz CT molecular complexity index is 968. The van der Waals surface area contributed by atoms with E-state index < -0.39 is 0 Å². The lowest BCUT2D eigenvalue weighted by atomic mass is 9.87. The Kier molecular flexibility index (Phi) is 5.79. The third-order valence-electron chi connectivity index (χ3n) is 4.35. The Hall–Kier alpha value is -2.74. The number of oxime groups is 1. The van der Waals surface area contributed by atoms with Crippen molar-refractivity contribution in [3.05, 3.63) is 51.7 Å². The maximum Gasteiger partial charge on any atom is 0.226 e. The van der Waals surface area contributed by atoms with Gasteiger partial charge >= 0.3 is 0 Å². The van der Waals surface area contributed by atoms with Crippen LogP contribution in [0.25, 0.3) is 0 Å². The third-order valence-corrected chi connectivity index (χ3v) is 5.14. The van der Waals surface area contributed by atoms with Crippen molar-refractivity contribution in [2.24, 2.45) is 12.2 Å². The fourth-order valence-corrected chi connectivity index (χ4v) is 3.17. The van der Waals surface area contributed by atoms with Gasteiger partial charge in [0.25, 0.3) is 0 Å². The lowest BCUT2D eigenvalue weighted by Crippen LogP contribution is -2.10. The van der Waals surface area contributed by atoms with Gasteiger partial charge in [-0.3, -0.25) is 0 Å². The molecule has 0 saturated carbocycles. The second-order valence-corrected chi connectivity index (χ2v) is 8.43. The van der Waals surface area contributed by atoms with Gasteiger partial charge in [0, 0.05) is 7.05 Å². The average molecular weight is 400 g/mol. The third kappa shape index (κ3) is 4.56. The molecule has 148 valence electrons. The molecule has 2 heterocycles. The maximum absolute atomic E-state index is 6.09. The van der Waals surface area contributed by atoms with Crippen molar-refractivity contribution >= 4 is 17.7 Å². The number of hydrogen-bond donors (Lipinski definition) is 0. The average Bonchev–Trinajstić information content (AvgIpc) is 3.15. The van der Waals surface area contributed by atoms with Crippen molar-refractivity contribution in [2.45, 2.75) is 46.6 Å². The van der Waals surface area contributed by atoms with Crippen LogP contribution in [0.3, 0.4) is 0 Å². The highest BCUT2D eigenvalue weighted by atomic mass is 32.1. The molecule has 0 fully saturated rings. The molecule has 2 aromatic heterocycles. The summed E-state index contributed by atoms with van der Waals surface area (Å²) in [6.07, 6.45) is 1.63. The normalized spacial score (nSPS) is 11.9. The summed E-state index contributed by atoms with van der Waals surface area (Å²) >= 11 is 1.31. The van der Waals surface area contributed by atoms with Crippen LogP contribution in [0.4, 0.5) is 0 Å². The summed E-state index contributed by atoms with van der Waals surface area (Å²) in [5.41, 5.74) is 3.81. The highest BCUT2D eigenvalue weighted by molar-refractivity contribution is 7.05. The number of aromatic nitrogens is 4. The second-order valence-electron chi connectivity index (χ2n) is 7.59. The molecular formula is C20H25N5O2S. The number of nitrogens with zero attached hydrogens (tertiary/aromatic N) is 5. The van der Waals surface area contributed by atoms with E-state index in [1.807, 2.05) is 33.0 Å². The summed E-state index contributed by atoms with van der Waals surface area (Å²) in [4.78, 5) is 6.35. The molecule has 3 rings (SSSR count). The van der Waals surface area contributed by atoms with E-state index in [1.165, 1.54) is 17.1 Å². The van der Waals surface area contributed by atoms with Crippen molar-refractivity contribution in [3.63, 3.8) is 0 Å². The molecule has 1 aromatic carbocycles. The largest absolute Gasteiger partial charge is 0.439 e. The van der Waals surface area contributed by atoms with E-state index in [0.29, 0.717) is 12.5 Å². The van der Waals surface area contributed by atoms with E-state index in [-0.39, 0.29) is 5.41 Å². The lowest BCUT2D eigenvalue weighted by Gasteiger charge is -2.19. The van der Waals surface area contributed by atoms with Crippen LogP contribution < -0.4 is 4.74 Å². The summed E-state index contributed by atoms with van der Waals surface area (Å²) in [6, 6.07) is 8.11. The Morgan fingerprint density at radius 1 is 1.14 bits per heavy atom. The smallest absolute Gasteiger partial charge is 0.226 e. The molecule has 28 heavy (non-hydrogen) atoms. The van der Waals surface area contributed by atoms with Gasteiger partial charge in [0.1, 0.15) is 5.75 Å². The minimum atomic E-state index is 0.1000. The predicted molar refractivity (Wildman–Crippen MR) is 110 cm³/mol. The van der Waals surface area contributed by atoms with Gasteiger partial charge in [-0.25, -0.2) is 4.68 Å². The molecule has 0 spiro atoms. The zero-order chi connectivity index (χ0) is 20.3. The molecular weight excluding hydrogens is 374 g/mol. The molecule has 8 heteroatoms. The first-order valence-corrected chi connectivity index (χ1v) is 9.78. The van der Waals surface area contributed by atoms with Crippen molar-refractivity contribution in [3.8, 4) is 11.6 Å². The standard InChI is InChI=1S/C20H25N5O2S/c1-13-17(11-21-26-12-18-14(2)22-24-28-18)19(25(6)23-13)27-16-9-7-15(8-10-16)20(3,4)5/h7-11H,12H2,1-6H3/b21-11+. The molecule has 0 radical (unpaired) electrons. The quantitative estimate of drug-likeness (QED) is 0.450. The summed E-state index contributed by atoms with van der Waals surface area (Å²) in [6.45, 7) is 10.7. The summed E-state index contributed by atoms with van der Waals surface area (Å²) in [7, 11) is 1.84. The van der Waals surface area contributed by atoms with Crippen LogP contribution in [0.2, 0.25) is 0 Å². The molecule has 0 aliphatic carbocycles. The van der Waals surface area contributed by atoms with E-state index in [0.717, 1.165) is 27.6 Å². The van der Waals surface area contributed by atoms with Crippen LogP contribution >= 0.6 is 11.5 Å². The fraction of sp³-hybridized carbons (Fsp3) is 0.400. The fourth-order valence-electron chi connectivity index (χ4n) is 2.63. The SMILES string of the molecule is Cc1nnsc1CO/N=C/c1c(C)nn(C)c1Oc1ccc(C(C)(C)C)cc1. The van der Waals surface area contributed by atoms with Crippen molar-refractivity contribution in [1.29, 1.82) is 0 Å². The molecule has 7 nitrogen and oxygen atoms in total. The molecule has 0 aliphatic heterocycles.